The number of aryl methyl sites for hydroxylation is 1. The van der Waals surface area contributed by atoms with Crippen LogP contribution in [0.2, 0.25) is 0 Å². The molecule has 0 heterocycles. The van der Waals surface area contributed by atoms with E-state index in [0.717, 1.165) is 12.0 Å². The number of halogens is 1. The molecule has 3 rings (SSSR count). The lowest BCUT2D eigenvalue weighted by atomic mass is 9.91. The van der Waals surface area contributed by atoms with Gasteiger partial charge < -0.3 is 0 Å². The van der Waals surface area contributed by atoms with E-state index in [1.165, 1.54) is 42.0 Å². The molecule has 1 nitrogen and oxygen atoms in total. The minimum absolute atomic E-state index is 0.290. The van der Waals surface area contributed by atoms with Gasteiger partial charge >= 0.3 is 0 Å². The maximum atomic E-state index is 14.4. The molecule has 29 heavy (non-hydrogen) atoms. The lowest BCUT2D eigenvalue weighted by Crippen LogP contribution is -1.97. The van der Waals surface area contributed by atoms with Gasteiger partial charge in [-0.05, 0) is 59.4 Å². The van der Waals surface area contributed by atoms with Crippen LogP contribution in [0.5, 0.6) is 0 Å². The van der Waals surface area contributed by atoms with Gasteiger partial charge in [0.15, 0.2) is 0 Å². The maximum Gasteiger partial charge on any atom is 0.133 e. The summed E-state index contributed by atoms with van der Waals surface area (Å²) in [5, 5.41) is 2.26. The van der Waals surface area contributed by atoms with Crippen LogP contribution in [0.1, 0.15) is 55.7 Å². The van der Waals surface area contributed by atoms with E-state index in [1.54, 1.807) is 12.1 Å². The number of thiocarbonyl (C=S) groups is 1. The number of isothiocyanates is 1. The number of hydrogen-bond acceptors (Lipinski definition) is 2. The molecular weight excluding hydrogens is 377 g/mol. The molecule has 0 fully saturated rings. The van der Waals surface area contributed by atoms with E-state index in [-0.39, 0.29) is 11.7 Å². The molecule has 3 aromatic rings. The Kier molecular flexibility index (Phi) is 7.46. The van der Waals surface area contributed by atoms with Crippen molar-refractivity contribution in [2.75, 3.05) is 0 Å². The lowest BCUT2D eigenvalue weighted by Gasteiger charge is -2.14. The molecule has 0 aliphatic heterocycles. The van der Waals surface area contributed by atoms with Crippen LogP contribution in [0, 0.1) is 5.82 Å². The number of benzene rings is 3. The molecule has 0 radical (unpaired) electrons. The molecule has 0 bridgehead atoms. The average Bonchev–Trinajstić information content (AvgIpc) is 2.74. The first-order chi connectivity index (χ1) is 14.1. The van der Waals surface area contributed by atoms with Crippen molar-refractivity contribution in [2.45, 2.75) is 45.4 Å². The molecule has 0 spiro atoms. The standard InChI is InChI=1S/C26H26FNS/c1-3-4-5-6-20-7-9-21(10-8-20)19(2)22-11-13-23(14-12-22)25-16-15-24(28-18-29)17-26(25)27/h7-17,19H,3-6H2,1-2H3. The summed E-state index contributed by atoms with van der Waals surface area (Å²) in [6.45, 7) is 4.44. The number of nitrogens with zero attached hydrogens (tertiary/aromatic N) is 1. The van der Waals surface area contributed by atoms with Crippen molar-refractivity contribution in [3.63, 3.8) is 0 Å². The van der Waals surface area contributed by atoms with Crippen LogP contribution in [0.4, 0.5) is 10.1 Å². The van der Waals surface area contributed by atoms with Gasteiger partial charge in [-0.15, -0.1) is 0 Å². The van der Waals surface area contributed by atoms with Crippen LogP contribution >= 0.6 is 12.2 Å². The minimum Gasteiger partial charge on any atom is -0.206 e. The van der Waals surface area contributed by atoms with Gasteiger partial charge in [-0.2, -0.15) is 4.99 Å². The molecule has 0 N–H and O–H groups in total. The summed E-state index contributed by atoms with van der Waals surface area (Å²) < 4.78 is 14.4. The lowest BCUT2D eigenvalue weighted by molar-refractivity contribution is 0.631. The van der Waals surface area contributed by atoms with Gasteiger partial charge in [0.1, 0.15) is 5.82 Å². The summed E-state index contributed by atoms with van der Waals surface area (Å²) in [6, 6.07) is 21.9. The molecule has 148 valence electrons. The fraction of sp³-hybridized carbons (Fsp3) is 0.269. The van der Waals surface area contributed by atoms with E-state index in [0.29, 0.717) is 11.3 Å². The quantitative estimate of drug-likeness (QED) is 0.210. The Labute approximate surface area is 178 Å². The number of aliphatic imine (C=N–C) groups is 1. The van der Waals surface area contributed by atoms with Crippen LogP contribution < -0.4 is 0 Å². The highest BCUT2D eigenvalue weighted by Crippen LogP contribution is 2.30. The van der Waals surface area contributed by atoms with Crippen LogP contribution in [0.3, 0.4) is 0 Å². The van der Waals surface area contributed by atoms with Gasteiger partial charge in [0.05, 0.1) is 10.8 Å². The molecule has 0 aliphatic carbocycles. The van der Waals surface area contributed by atoms with Crippen molar-refractivity contribution < 1.29 is 4.39 Å². The zero-order chi connectivity index (χ0) is 20.6. The van der Waals surface area contributed by atoms with E-state index >= 15 is 0 Å². The van der Waals surface area contributed by atoms with Crippen LogP contribution in [0.15, 0.2) is 71.7 Å². The van der Waals surface area contributed by atoms with Gasteiger partial charge in [0.2, 0.25) is 0 Å². The van der Waals surface area contributed by atoms with Crippen molar-refractivity contribution in [1.82, 2.24) is 0 Å². The van der Waals surface area contributed by atoms with E-state index in [9.17, 15) is 4.39 Å². The fourth-order valence-corrected chi connectivity index (χ4v) is 3.66. The van der Waals surface area contributed by atoms with E-state index in [2.05, 4.69) is 72.6 Å². The highest BCUT2D eigenvalue weighted by molar-refractivity contribution is 7.78. The third-order valence-electron chi connectivity index (χ3n) is 5.40. The second-order valence-electron chi connectivity index (χ2n) is 7.41. The third-order valence-corrected chi connectivity index (χ3v) is 5.49. The Bertz CT molecular complexity index is 986. The summed E-state index contributed by atoms with van der Waals surface area (Å²) in [4.78, 5) is 3.82. The molecule has 3 aromatic carbocycles. The van der Waals surface area contributed by atoms with Crippen LogP contribution in [0.25, 0.3) is 11.1 Å². The first kappa shape index (κ1) is 21.1. The second kappa shape index (κ2) is 10.2. The van der Waals surface area contributed by atoms with E-state index < -0.39 is 0 Å². The Balaban J connectivity index is 1.73. The molecule has 1 atom stereocenters. The second-order valence-corrected chi connectivity index (χ2v) is 7.59. The first-order valence-corrected chi connectivity index (χ1v) is 10.6. The fourth-order valence-electron chi connectivity index (χ4n) is 3.56. The van der Waals surface area contributed by atoms with Crippen molar-refractivity contribution in [2.24, 2.45) is 4.99 Å². The van der Waals surface area contributed by atoms with Gasteiger partial charge in [-0.1, -0.05) is 75.2 Å². The van der Waals surface area contributed by atoms with Gasteiger partial charge in [0, 0.05) is 17.5 Å². The highest BCUT2D eigenvalue weighted by Gasteiger charge is 2.11. The molecule has 0 saturated carbocycles. The Hall–Kier alpha value is -2.61. The first-order valence-electron chi connectivity index (χ1n) is 10.2. The zero-order valence-corrected chi connectivity index (χ0v) is 17.8. The van der Waals surface area contributed by atoms with E-state index in [1.807, 2.05) is 12.1 Å². The topological polar surface area (TPSA) is 12.4 Å². The summed E-state index contributed by atoms with van der Waals surface area (Å²) in [5.41, 5.74) is 5.80. The molecule has 0 saturated heterocycles. The summed E-state index contributed by atoms with van der Waals surface area (Å²) in [7, 11) is 0. The monoisotopic (exact) mass is 403 g/mol. The van der Waals surface area contributed by atoms with E-state index in [4.69, 9.17) is 0 Å². The van der Waals surface area contributed by atoms with Crippen molar-refractivity contribution in [3.8, 4) is 11.1 Å². The van der Waals surface area contributed by atoms with Gasteiger partial charge in [-0.25, -0.2) is 4.39 Å². The summed E-state index contributed by atoms with van der Waals surface area (Å²) >= 11 is 4.57. The van der Waals surface area contributed by atoms with Crippen molar-refractivity contribution in [3.05, 3.63) is 89.2 Å². The molecule has 3 heteroatoms. The smallest absolute Gasteiger partial charge is 0.133 e. The number of hydrogen-bond donors (Lipinski definition) is 0. The molecule has 0 aromatic heterocycles. The molecule has 0 aliphatic rings. The van der Waals surface area contributed by atoms with Gasteiger partial charge in [-0.3, -0.25) is 0 Å². The Morgan fingerprint density at radius 2 is 1.59 bits per heavy atom. The zero-order valence-electron chi connectivity index (χ0n) is 17.0. The highest BCUT2D eigenvalue weighted by atomic mass is 32.1. The van der Waals surface area contributed by atoms with Crippen LogP contribution in [-0.4, -0.2) is 5.16 Å². The Morgan fingerprint density at radius 3 is 2.17 bits per heavy atom. The van der Waals surface area contributed by atoms with Crippen molar-refractivity contribution >= 4 is 23.1 Å². The molecule has 0 amide bonds. The predicted octanol–water partition coefficient (Wildman–Crippen LogP) is 8.11. The summed E-state index contributed by atoms with van der Waals surface area (Å²) in [6.07, 6.45) is 4.94. The largest absolute Gasteiger partial charge is 0.206 e. The molecular formula is C26H26FNS. The SMILES string of the molecule is CCCCCc1ccc(C(C)c2ccc(-c3ccc(N=C=S)cc3F)cc2)cc1. The van der Waals surface area contributed by atoms with Crippen molar-refractivity contribution in [1.29, 1.82) is 0 Å². The number of rotatable bonds is 8. The maximum absolute atomic E-state index is 14.4. The number of unbranched alkanes of at least 4 members (excludes halogenated alkanes) is 2. The molecule has 1 unspecified atom stereocenters. The predicted molar refractivity (Wildman–Crippen MR) is 124 cm³/mol. The van der Waals surface area contributed by atoms with Gasteiger partial charge in [0.25, 0.3) is 0 Å². The average molecular weight is 404 g/mol. The summed E-state index contributed by atoms with van der Waals surface area (Å²) in [5.74, 6) is -0.0196. The Morgan fingerprint density at radius 1 is 0.931 bits per heavy atom. The minimum atomic E-state index is -0.309. The normalized spacial score (nSPS) is 11.7. The third kappa shape index (κ3) is 5.47. The van der Waals surface area contributed by atoms with Crippen LogP contribution in [-0.2, 0) is 6.42 Å².